The van der Waals surface area contributed by atoms with Crippen LogP contribution in [-0.4, -0.2) is 26.2 Å². The molecule has 1 aliphatic carbocycles. The number of nitrogens with zero attached hydrogens (tertiary/aromatic N) is 4. The molecule has 2 aromatic heterocycles. The molecule has 0 radical (unpaired) electrons. The van der Waals surface area contributed by atoms with Crippen LogP contribution in [0.15, 0.2) is 33.7 Å². The van der Waals surface area contributed by atoms with E-state index in [2.05, 4.69) is 25.7 Å². The Bertz CT molecular complexity index is 949. The lowest BCUT2D eigenvalue weighted by molar-refractivity contribution is 0.102. The van der Waals surface area contributed by atoms with E-state index in [4.69, 9.17) is 4.52 Å². The fraction of sp³-hybridized carbons (Fsp3) is 0.421. The summed E-state index contributed by atoms with van der Waals surface area (Å²) in [6.07, 6.45) is 6.12. The predicted octanol–water partition coefficient (Wildman–Crippen LogP) is 4.82. The third-order valence-electron chi connectivity index (χ3n) is 4.67. The molecule has 0 atom stereocenters. The maximum Gasteiger partial charge on any atom is 0.258 e. The van der Waals surface area contributed by atoms with Gasteiger partial charge in [-0.1, -0.05) is 47.9 Å². The van der Waals surface area contributed by atoms with Crippen LogP contribution in [0.4, 0.5) is 5.13 Å². The van der Waals surface area contributed by atoms with Crippen molar-refractivity contribution in [1.82, 2.24) is 20.3 Å². The quantitative estimate of drug-likeness (QED) is 0.577. The molecule has 0 bridgehead atoms. The molecule has 0 unspecified atom stereocenters. The number of carbonyl (C=O) groups is 1. The number of benzene rings is 1. The fourth-order valence-electron chi connectivity index (χ4n) is 3.28. The molecule has 1 amide bonds. The van der Waals surface area contributed by atoms with Gasteiger partial charge in [0.1, 0.15) is 5.01 Å². The monoisotopic (exact) mass is 415 g/mol. The van der Waals surface area contributed by atoms with Crippen LogP contribution < -0.4 is 5.32 Å². The standard InChI is InChI=1S/C19H21N5O2S2/c1-12-20-16(26-24-12)11-27-15-10-6-5-9-14(15)17(25)21-19-23-22-18(28-19)13-7-3-2-4-8-13/h5-6,9-10,13H,2-4,7-8,11H2,1H3,(H,21,23,25). The summed E-state index contributed by atoms with van der Waals surface area (Å²) in [7, 11) is 0. The van der Waals surface area contributed by atoms with Gasteiger partial charge in [0.25, 0.3) is 5.91 Å². The van der Waals surface area contributed by atoms with Crippen molar-refractivity contribution in [2.45, 2.75) is 55.6 Å². The van der Waals surface area contributed by atoms with Crippen molar-refractivity contribution in [2.75, 3.05) is 5.32 Å². The Morgan fingerprint density at radius 2 is 2.07 bits per heavy atom. The second kappa shape index (κ2) is 8.83. The van der Waals surface area contributed by atoms with Gasteiger partial charge in [0, 0.05) is 10.8 Å². The first kappa shape index (κ1) is 19.1. The van der Waals surface area contributed by atoms with E-state index in [9.17, 15) is 4.79 Å². The Morgan fingerprint density at radius 3 is 2.86 bits per heavy atom. The number of aryl methyl sites for hydroxylation is 1. The maximum absolute atomic E-state index is 12.8. The number of aromatic nitrogens is 4. The maximum atomic E-state index is 12.8. The van der Waals surface area contributed by atoms with Crippen molar-refractivity contribution in [3.63, 3.8) is 0 Å². The number of thioether (sulfide) groups is 1. The molecular weight excluding hydrogens is 394 g/mol. The van der Waals surface area contributed by atoms with Gasteiger partial charge in [-0.15, -0.1) is 22.0 Å². The van der Waals surface area contributed by atoms with E-state index in [1.54, 1.807) is 13.0 Å². The molecule has 28 heavy (non-hydrogen) atoms. The van der Waals surface area contributed by atoms with Crippen molar-refractivity contribution in [1.29, 1.82) is 0 Å². The molecule has 1 aliphatic rings. The highest BCUT2D eigenvalue weighted by Gasteiger charge is 2.21. The summed E-state index contributed by atoms with van der Waals surface area (Å²) in [5, 5.41) is 16.8. The van der Waals surface area contributed by atoms with Gasteiger partial charge in [-0.3, -0.25) is 10.1 Å². The van der Waals surface area contributed by atoms with Crippen LogP contribution in [0.1, 0.15) is 65.1 Å². The Morgan fingerprint density at radius 1 is 1.25 bits per heavy atom. The first-order valence-corrected chi connectivity index (χ1v) is 11.1. The first-order valence-electron chi connectivity index (χ1n) is 9.35. The van der Waals surface area contributed by atoms with Gasteiger partial charge < -0.3 is 4.52 Å². The molecule has 1 N–H and O–H groups in total. The van der Waals surface area contributed by atoms with Crippen LogP contribution in [0.5, 0.6) is 0 Å². The minimum Gasteiger partial charge on any atom is -0.338 e. The topological polar surface area (TPSA) is 93.8 Å². The highest BCUT2D eigenvalue weighted by Crippen LogP contribution is 2.35. The van der Waals surface area contributed by atoms with Gasteiger partial charge >= 0.3 is 0 Å². The van der Waals surface area contributed by atoms with E-state index in [-0.39, 0.29) is 5.91 Å². The molecule has 1 saturated carbocycles. The summed E-state index contributed by atoms with van der Waals surface area (Å²) in [6, 6.07) is 7.48. The summed E-state index contributed by atoms with van der Waals surface area (Å²) in [6.45, 7) is 1.78. The van der Waals surface area contributed by atoms with Crippen molar-refractivity contribution >= 4 is 34.1 Å². The van der Waals surface area contributed by atoms with Gasteiger partial charge in [-0.25, -0.2) is 0 Å². The first-order chi connectivity index (χ1) is 13.7. The lowest BCUT2D eigenvalue weighted by Gasteiger charge is -2.18. The van der Waals surface area contributed by atoms with Crippen molar-refractivity contribution in [2.24, 2.45) is 0 Å². The van der Waals surface area contributed by atoms with E-state index in [1.807, 2.05) is 18.2 Å². The minimum absolute atomic E-state index is 0.184. The highest BCUT2D eigenvalue weighted by molar-refractivity contribution is 7.98. The molecule has 3 aromatic rings. The average molecular weight is 416 g/mol. The van der Waals surface area contributed by atoms with Crippen LogP contribution in [0.2, 0.25) is 0 Å². The zero-order valence-corrected chi connectivity index (χ0v) is 17.2. The predicted molar refractivity (Wildman–Crippen MR) is 109 cm³/mol. The molecule has 4 rings (SSSR count). The van der Waals surface area contributed by atoms with Crippen LogP contribution >= 0.6 is 23.1 Å². The Kier molecular flexibility index (Phi) is 6.01. The van der Waals surface area contributed by atoms with Gasteiger partial charge in [0.15, 0.2) is 5.82 Å². The highest BCUT2D eigenvalue weighted by atomic mass is 32.2. The van der Waals surface area contributed by atoms with Crippen LogP contribution in [0, 0.1) is 6.92 Å². The summed E-state index contributed by atoms with van der Waals surface area (Å²) >= 11 is 2.98. The van der Waals surface area contributed by atoms with Gasteiger partial charge in [0.05, 0.1) is 11.3 Å². The molecule has 1 fully saturated rings. The lowest BCUT2D eigenvalue weighted by Crippen LogP contribution is -2.12. The number of hydrogen-bond donors (Lipinski definition) is 1. The SMILES string of the molecule is Cc1noc(CSc2ccccc2C(=O)Nc2nnc(C3CCCCC3)s2)n1. The van der Waals surface area contributed by atoms with E-state index >= 15 is 0 Å². The van der Waals surface area contributed by atoms with E-state index < -0.39 is 0 Å². The number of nitrogens with one attached hydrogen (secondary N) is 1. The van der Waals surface area contributed by atoms with E-state index in [1.165, 1.54) is 42.4 Å². The third-order valence-corrected chi connectivity index (χ3v) is 6.73. The Balaban J connectivity index is 1.42. The molecule has 2 heterocycles. The average Bonchev–Trinajstić information content (AvgIpc) is 3.36. The summed E-state index contributed by atoms with van der Waals surface area (Å²) in [5.74, 6) is 1.95. The van der Waals surface area contributed by atoms with Crippen molar-refractivity contribution in [3.8, 4) is 0 Å². The Hall–Kier alpha value is -2.26. The molecule has 146 valence electrons. The van der Waals surface area contributed by atoms with Crippen LogP contribution in [0.25, 0.3) is 0 Å². The molecule has 9 heteroatoms. The third kappa shape index (κ3) is 4.59. The molecule has 0 aliphatic heterocycles. The number of anilines is 1. The van der Waals surface area contributed by atoms with Crippen LogP contribution in [-0.2, 0) is 5.75 Å². The summed E-state index contributed by atoms with van der Waals surface area (Å²) in [5.41, 5.74) is 0.596. The van der Waals surface area contributed by atoms with Gasteiger partial charge in [-0.05, 0) is 31.9 Å². The fourth-order valence-corrected chi connectivity index (χ4v) is 5.08. The Labute approximate surface area is 171 Å². The molecule has 1 aromatic carbocycles. The molecule has 0 saturated heterocycles. The van der Waals surface area contributed by atoms with Crippen LogP contribution in [0.3, 0.4) is 0 Å². The van der Waals surface area contributed by atoms with Crippen molar-refractivity contribution in [3.05, 3.63) is 46.6 Å². The second-order valence-electron chi connectivity index (χ2n) is 6.75. The van der Waals surface area contributed by atoms with Gasteiger partial charge in [0.2, 0.25) is 11.0 Å². The minimum atomic E-state index is -0.184. The summed E-state index contributed by atoms with van der Waals surface area (Å²) in [4.78, 5) is 17.9. The summed E-state index contributed by atoms with van der Waals surface area (Å²) < 4.78 is 5.14. The molecule has 0 spiro atoms. The molecule has 7 nitrogen and oxygen atoms in total. The number of hydrogen-bond acceptors (Lipinski definition) is 8. The van der Waals surface area contributed by atoms with Crippen molar-refractivity contribution < 1.29 is 9.32 Å². The number of carbonyl (C=O) groups excluding carboxylic acids is 1. The van der Waals surface area contributed by atoms with Gasteiger partial charge in [-0.2, -0.15) is 4.98 Å². The van der Waals surface area contributed by atoms with E-state index in [0.717, 1.165) is 22.7 Å². The second-order valence-corrected chi connectivity index (χ2v) is 8.78. The zero-order valence-electron chi connectivity index (χ0n) is 15.6. The zero-order chi connectivity index (χ0) is 19.3. The molecular formula is C19H21N5O2S2. The lowest BCUT2D eigenvalue weighted by atomic mass is 9.90. The largest absolute Gasteiger partial charge is 0.338 e. The normalized spacial score (nSPS) is 14.9. The number of amides is 1. The number of rotatable bonds is 6. The smallest absolute Gasteiger partial charge is 0.258 e. The van der Waals surface area contributed by atoms with E-state index in [0.29, 0.717) is 34.1 Å².